The average Bonchev–Trinajstić information content (AvgIpc) is 2.38. The largest absolute Gasteiger partial charge is 0.316 e. The molecule has 0 aromatic carbocycles. The molecule has 1 saturated heterocycles. The second kappa shape index (κ2) is 7.14. The third kappa shape index (κ3) is 4.68. The Bertz CT molecular complexity index is 506. The summed E-state index contributed by atoms with van der Waals surface area (Å²) < 4.78 is 39.2. The molecule has 0 saturated carbocycles. The van der Waals surface area contributed by atoms with Gasteiger partial charge in [0.05, 0.1) is 6.20 Å². The Morgan fingerprint density at radius 2 is 2.26 bits per heavy atom. The molecule has 1 aromatic rings. The molecule has 0 aliphatic carbocycles. The number of nitrogens with zero attached hydrogens (tertiary/aromatic N) is 1. The van der Waals surface area contributed by atoms with Crippen LogP contribution in [0.2, 0.25) is 0 Å². The molecule has 0 bridgehead atoms. The fourth-order valence-electron chi connectivity index (χ4n) is 1.95. The van der Waals surface area contributed by atoms with E-state index in [0.29, 0.717) is 6.54 Å². The molecule has 2 rings (SSSR count). The maximum Gasteiger partial charge on any atom is 0.242 e. The van der Waals surface area contributed by atoms with Crippen molar-refractivity contribution in [3.8, 4) is 0 Å². The third-order valence-electron chi connectivity index (χ3n) is 2.95. The van der Waals surface area contributed by atoms with Crippen LogP contribution in [0.4, 0.5) is 4.39 Å². The van der Waals surface area contributed by atoms with Crippen LogP contribution in [0.3, 0.4) is 0 Å². The van der Waals surface area contributed by atoms with Gasteiger partial charge in [-0.2, -0.15) is 0 Å². The Balaban J connectivity index is 0.00000180. The Hall–Kier alpha value is -0.760. The fourth-order valence-corrected chi connectivity index (χ4v) is 3.04. The Morgan fingerprint density at radius 1 is 1.47 bits per heavy atom. The van der Waals surface area contributed by atoms with Gasteiger partial charge in [0.2, 0.25) is 10.0 Å². The van der Waals surface area contributed by atoms with E-state index < -0.39 is 15.8 Å². The number of nitrogens with one attached hydrogen (secondary N) is 2. The van der Waals surface area contributed by atoms with E-state index in [1.807, 2.05) is 0 Å². The van der Waals surface area contributed by atoms with E-state index in [1.54, 1.807) is 0 Å². The molecule has 2 N–H and O–H groups in total. The molecule has 1 unspecified atom stereocenters. The smallest absolute Gasteiger partial charge is 0.242 e. The molecule has 19 heavy (non-hydrogen) atoms. The SMILES string of the molecule is Cl.O=S(=O)(NCC1CCCNC1)c1cncc(F)c1. The summed E-state index contributed by atoms with van der Waals surface area (Å²) in [5.74, 6) is -0.368. The van der Waals surface area contributed by atoms with E-state index in [1.165, 1.54) is 0 Å². The topological polar surface area (TPSA) is 71.1 Å². The minimum Gasteiger partial charge on any atom is -0.316 e. The molecule has 0 radical (unpaired) electrons. The van der Waals surface area contributed by atoms with Crippen LogP contribution in [-0.4, -0.2) is 33.0 Å². The monoisotopic (exact) mass is 309 g/mol. The Kier molecular flexibility index (Phi) is 6.12. The summed E-state index contributed by atoms with van der Waals surface area (Å²) >= 11 is 0. The highest BCUT2D eigenvalue weighted by atomic mass is 35.5. The van der Waals surface area contributed by atoms with Gasteiger partial charge in [-0.15, -0.1) is 12.4 Å². The van der Waals surface area contributed by atoms with Crippen LogP contribution < -0.4 is 10.0 Å². The lowest BCUT2D eigenvalue weighted by atomic mass is 10.0. The van der Waals surface area contributed by atoms with E-state index in [-0.39, 0.29) is 23.2 Å². The van der Waals surface area contributed by atoms with Crippen LogP contribution in [0.15, 0.2) is 23.4 Å². The van der Waals surface area contributed by atoms with E-state index in [9.17, 15) is 12.8 Å². The van der Waals surface area contributed by atoms with Crippen molar-refractivity contribution in [1.82, 2.24) is 15.0 Å². The van der Waals surface area contributed by atoms with Crippen LogP contribution in [-0.2, 0) is 10.0 Å². The molecule has 5 nitrogen and oxygen atoms in total. The van der Waals surface area contributed by atoms with Crippen molar-refractivity contribution in [1.29, 1.82) is 0 Å². The quantitative estimate of drug-likeness (QED) is 0.867. The molecule has 1 aromatic heterocycles. The molecular formula is C11H17ClFN3O2S. The number of piperidine rings is 1. The molecule has 1 aliphatic rings. The minimum absolute atomic E-state index is 0. The second-order valence-electron chi connectivity index (χ2n) is 4.40. The molecule has 1 fully saturated rings. The number of pyridine rings is 1. The Labute approximate surface area is 118 Å². The number of hydrogen-bond donors (Lipinski definition) is 2. The maximum atomic E-state index is 12.9. The van der Waals surface area contributed by atoms with Gasteiger partial charge in [0, 0.05) is 12.7 Å². The summed E-state index contributed by atoms with van der Waals surface area (Å²) in [6, 6.07) is 0.967. The van der Waals surface area contributed by atoms with Crippen molar-refractivity contribution in [2.24, 2.45) is 5.92 Å². The molecule has 1 atom stereocenters. The summed E-state index contributed by atoms with van der Waals surface area (Å²) in [7, 11) is -3.66. The van der Waals surface area contributed by atoms with E-state index in [2.05, 4.69) is 15.0 Å². The molecular weight excluding hydrogens is 293 g/mol. The maximum absolute atomic E-state index is 12.9. The standard InChI is InChI=1S/C11H16FN3O2S.ClH/c12-10-4-11(8-14-7-10)18(16,17)15-6-9-2-1-3-13-5-9;/h4,7-9,13,15H,1-3,5-6H2;1H. The Morgan fingerprint density at radius 3 is 2.89 bits per heavy atom. The van der Waals surface area contributed by atoms with Crippen LogP contribution >= 0.6 is 12.4 Å². The van der Waals surface area contributed by atoms with Crippen molar-refractivity contribution in [3.63, 3.8) is 0 Å². The van der Waals surface area contributed by atoms with Crippen molar-refractivity contribution in [2.45, 2.75) is 17.7 Å². The summed E-state index contributed by atoms with van der Waals surface area (Å²) in [5, 5.41) is 3.21. The van der Waals surface area contributed by atoms with Crippen molar-refractivity contribution in [3.05, 3.63) is 24.3 Å². The summed E-state index contributed by atoms with van der Waals surface area (Å²) in [6.45, 7) is 2.16. The molecule has 0 amide bonds. The van der Waals surface area contributed by atoms with Crippen molar-refractivity contribution < 1.29 is 12.8 Å². The van der Waals surface area contributed by atoms with Crippen LogP contribution in [0.1, 0.15) is 12.8 Å². The zero-order chi connectivity index (χ0) is 13.0. The average molecular weight is 310 g/mol. The van der Waals surface area contributed by atoms with Crippen molar-refractivity contribution in [2.75, 3.05) is 19.6 Å². The molecule has 0 spiro atoms. The molecule has 2 heterocycles. The molecule has 108 valence electrons. The van der Waals surface area contributed by atoms with Gasteiger partial charge in [0.25, 0.3) is 0 Å². The highest BCUT2D eigenvalue weighted by Gasteiger charge is 2.19. The van der Waals surface area contributed by atoms with E-state index in [4.69, 9.17) is 0 Å². The lowest BCUT2D eigenvalue weighted by Gasteiger charge is -2.22. The van der Waals surface area contributed by atoms with Crippen LogP contribution in [0.5, 0.6) is 0 Å². The number of aromatic nitrogens is 1. The first-order valence-corrected chi connectivity index (χ1v) is 7.37. The molecule has 1 aliphatic heterocycles. The summed E-state index contributed by atoms with van der Waals surface area (Å²) in [6.07, 6.45) is 4.17. The summed E-state index contributed by atoms with van der Waals surface area (Å²) in [4.78, 5) is 3.41. The van der Waals surface area contributed by atoms with Crippen LogP contribution in [0.25, 0.3) is 0 Å². The van der Waals surface area contributed by atoms with Gasteiger partial charge in [-0.1, -0.05) is 0 Å². The van der Waals surface area contributed by atoms with Gasteiger partial charge in [-0.3, -0.25) is 4.98 Å². The van der Waals surface area contributed by atoms with Gasteiger partial charge in [-0.25, -0.2) is 17.5 Å². The first-order chi connectivity index (χ1) is 8.58. The number of sulfonamides is 1. The molecule has 8 heteroatoms. The zero-order valence-electron chi connectivity index (χ0n) is 10.3. The van der Waals surface area contributed by atoms with Gasteiger partial charge in [0.1, 0.15) is 10.7 Å². The van der Waals surface area contributed by atoms with Crippen LogP contribution in [0, 0.1) is 11.7 Å². The normalized spacial score (nSPS) is 19.7. The first kappa shape index (κ1) is 16.3. The third-order valence-corrected chi connectivity index (χ3v) is 4.34. The predicted molar refractivity (Wildman–Crippen MR) is 72.2 cm³/mol. The summed E-state index contributed by atoms with van der Waals surface area (Å²) in [5.41, 5.74) is 0. The number of halogens is 2. The fraction of sp³-hybridized carbons (Fsp3) is 0.545. The van der Waals surface area contributed by atoms with Gasteiger partial charge in [-0.05, 0) is 37.9 Å². The zero-order valence-corrected chi connectivity index (χ0v) is 11.9. The second-order valence-corrected chi connectivity index (χ2v) is 6.17. The van der Waals surface area contributed by atoms with Gasteiger partial charge < -0.3 is 5.32 Å². The van der Waals surface area contributed by atoms with E-state index in [0.717, 1.165) is 44.4 Å². The first-order valence-electron chi connectivity index (χ1n) is 5.89. The van der Waals surface area contributed by atoms with Crippen molar-refractivity contribution >= 4 is 22.4 Å². The lowest BCUT2D eigenvalue weighted by molar-refractivity contribution is 0.376. The minimum atomic E-state index is -3.66. The lowest BCUT2D eigenvalue weighted by Crippen LogP contribution is -2.38. The van der Waals surface area contributed by atoms with Gasteiger partial charge in [0.15, 0.2) is 0 Å². The van der Waals surface area contributed by atoms with Gasteiger partial charge >= 0.3 is 0 Å². The predicted octanol–water partition coefficient (Wildman–Crippen LogP) is 0.920. The number of hydrogen-bond acceptors (Lipinski definition) is 4. The highest BCUT2D eigenvalue weighted by molar-refractivity contribution is 7.89. The number of rotatable bonds is 4. The van der Waals surface area contributed by atoms with E-state index >= 15 is 0 Å². The highest BCUT2D eigenvalue weighted by Crippen LogP contribution is 2.12.